The molecule has 34 heavy (non-hydrogen) atoms. The van der Waals surface area contributed by atoms with Crippen molar-refractivity contribution in [1.82, 2.24) is 5.32 Å². The fraction of sp³-hybridized carbons (Fsp3) is 0.458. The molecular formula is C24H26Cl2F4N2O2. The van der Waals surface area contributed by atoms with Gasteiger partial charge in [-0.15, -0.1) is 0 Å². The van der Waals surface area contributed by atoms with E-state index in [0.29, 0.717) is 5.69 Å². The molecule has 1 heterocycles. The molecule has 1 aliphatic heterocycles. The first-order chi connectivity index (χ1) is 15.6. The molecular weight excluding hydrogens is 495 g/mol. The lowest BCUT2D eigenvalue weighted by atomic mass is 9.79. The van der Waals surface area contributed by atoms with E-state index in [1.54, 1.807) is 56.9 Å². The largest absolute Gasteiger partial charge is 0.444 e. The Kier molecular flexibility index (Phi) is 7.35. The third-order valence-electron chi connectivity index (χ3n) is 5.84. The standard InChI is InChI=1S/C24H26Cl2F4N2O2/c1-14(31-21(33)34-22(2,3)4)15-5-7-17(8-6-15)32-10-9-23(13-32,24(28,29)30)16-11-18(25)20(27)19(26)12-16/h5-8,11-12,14H,9-10,13H2,1-4H3,(H,31,33). The van der Waals surface area contributed by atoms with Crippen LogP contribution in [0.4, 0.5) is 28.0 Å². The van der Waals surface area contributed by atoms with Crippen LogP contribution in [0.25, 0.3) is 0 Å². The minimum atomic E-state index is -4.60. The molecule has 1 fully saturated rings. The second-order valence-corrected chi connectivity index (χ2v) is 10.3. The second kappa shape index (κ2) is 9.46. The van der Waals surface area contributed by atoms with Crippen molar-refractivity contribution in [2.75, 3.05) is 18.0 Å². The molecule has 4 nitrogen and oxygen atoms in total. The van der Waals surface area contributed by atoms with E-state index in [4.69, 9.17) is 27.9 Å². The third kappa shape index (κ3) is 5.54. The first kappa shape index (κ1) is 26.4. The predicted octanol–water partition coefficient (Wildman–Crippen LogP) is 7.43. The number of anilines is 1. The highest BCUT2D eigenvalue weighted by Gasteiger charge is 2.59. The van der Waals surface area contributed by atoms with Crippen molar-refractivity contribution in [3.05, 3.63) is 63.4 Å². The Hall–Kier alpha value is -2.19. The zero-order chi connectivity index (χ0) is 25.5. The van der Waals surface area contributed by atoms with Gasteiger partial charge >= 0.3 is 12.3 Å². The van der Waals surface area contributed by atoms with Crippen LogP contribution in [0, 0.1) is 5.82 Å². The van der Waals surface area contributed by atoms with E-state index in [1.807, 2.05) is 0 Å². The molecule has 1 N–H and O–H groups in total. The Morgan fingerprint density at radius 1 is 1.12 bits per heavy atom. The van der Waals surface area contributed by atoms with E-state index in [-0.39, 0.29) is 31.1 Å². The van der Waals surface area contributed by atoms with Gasteiger partial charge in [0.2, 0.25) is 0 Å². The molecule has 2 atom stereocenters. The maximum atomic E-state index is 14.3. The Labute approximate surface area is 206 Å². The number of hydrogen-bond donors (Lipinski definition) is 1. The fourth-order valence-electron chi connectivity index (χ4n) is 4.03. The van der Waals surface area contributed by atoms with Gasteiger partial charge in [-0.2, -0.15) is 13.2 Å². The molecule has 2 unspecified atom stereocenters. The van der Waals surface area contributed by atoms with Crippen molar-refractivity contribution in [3.8, 4) is 0 Å². The Balaban J connectivity index is 1.80. The average Bonchev–Trinajstić information content (AvgIpc) is 3.17. The number of nitrogens with one attached hydrogen (secondary N) is 1. The second-order valence-electron chi connectivity index (χ2n) is 9.46. The Morgan fingerprint density at radius 2 is 1.68 bits per heavy atom. The summed E-state index contributed by atoms with van der Waals surface area (Å²) in [5, 5.41) is 1.84. The molecule has 0 aliphatic carbocycles. The van der Waals surface area contributed by atoms with E-state index in [1.165, 1.54) is 0 Å². The van der Waals surface area contributed by atoms with Crippen LogP contribution in [-0.2, 0) is 10.2 Å². The minimum Gasteiger partial charge on any atom is -0.444 e. The van der Waals surface area contributed by atoms with Gasteiger partial charge in [-0.1, -0.05) is 35.3 Å². The van der Waals surface area contributed by atoms with E-state index in [2.05, 4.69) is 5.32 Å². The first-order valence-corrected chi connectivity index (χ1v) is 11.4. The molecule has 3 rings (SSSR count). The van der Waals surface area contributed by atoms with Crippen LogP contribution in [-0.4, -0.2) is 31.0 Å². The van der Waals surface area contributed by atoms with Crippen molar-refractivity contribution >= 4 is 35.0 Å². The summed E-state index contributed by atoms with van der Waals surface area (Å²) in [4.78, 5) is 13.6. The minimum absolute atomic E-state index is 0.136. The Morgan fingerprint density at radius 3 is 2.18 bits per heavy atom. The van der Waals surface area contributed by atoms with Gasteiger partial charge in [-0.3, -0.25) is 0 Å². The summed E-state index contributed by atoms with van der Waals surface area (Å²) < 4.78 is 62.0. The smallest absolute Gasteiger partial charge is 0.408 e. The van der Waals surface area contributed by atoms with Crippen LogP contribution >= 0.6 is 23.2 Å². The van der Waals surface area contributed by atoms with Gasteiger partial charge in [0.05, 0.1) is 16.1 Å². The molecule has 2 aromatic carbocycles. The number of ether oxygens (including phenoxy) is 1. The maximum absolute atomic E-state index is 14.3. The monoisotopic (exact) mass is 520 g/mol. The molecule has 10 heteroatoms. The van der Waals surface area contributed by atoms with E-state index in [0.717, 1.165) is 17.7 Å². The summed E-state index contributed by atoms with van der Waals surface area (Å²) in [6, 6.07) is 8.56. The van der Waals surface area contributed by atoms with E-state index < -0.39 is 39.1 Å². The highest BCUT2D eigenvalue weighted by Crippen LogP contribution is 2.49. The molecule has 0 aromatic heterocycles. The lowest BCUT2D eigenvalue weighted by molar-refractivity contribution is -0.184. The summed E-state index contributed by atoms with van der Waals surface area (Å²) in [6.07, 6.45) is -5.39. The van der Waals surface area contributed by atoms with Gasteiger partial charge in [0, 0.05) is 18.8 Å². The lowest BCUT2D eigenvalue weighted by Crippen LogP contribution is -2.45. The van der Waals surface area contributed by atoms with Gasteiger partial charge in [-0.25, -0.2) is 9.18 Å². The zero-order valence-corrected chi connectivity index (χ0v) is 20.7. The fourth-order valence-corrected chi connectivity index (χ4v) is 4.52. The van der Waals surface area contributed by atoms with Crippen LogP contribution in [0.2, 0.25) is 10.0 Å². The maximum Gasteiger partial charge on any atom is 0.408 e. The van der Waals surface area contributed by atoms with Crippen molar-refractivity contribution < 1.29 is 27.1 Å². The normalized spacial score (nSPS) is 19.8. The molecule has 2 aromatic rings. The van der Waals surface area contributed by atoms with E-state index in [9.17, 15) is 22.4 Å². The predicted molar refractivity (Wildman–Crippen MR) is 125 cm³/mol. The number of amides is 1. The molecule has 0 saturated carbocycles. The summed E-state index contributed by atoms with van der Waals surface area (Å²) in [6.45, 7) is 6.84. The first-order valence-electron chi connectivity index (χ1n) is 10.7. The van der Waals surface area contributed by atoms with Crippen molar-refractivity contribution in [2.24, 2.45) is 0 Å². The lowest BCUT2D eigenvalue weighted by Gasteiger charge is -2.33. The van der Waals surface area contributed by atoms with Crippen molar-refractivity contribution in [2.45, 2.75) is 57.3 Å². The highest BCUT2D eigenvalue weighted by atomic mass is 35.5. The van der Waals surface area contributed by atoms with Crippen LogP contribution in [0.5, 0.6) is 0 Å². The topological polar surface area (TPSA) is 41.6 Å². The van der Waals surface area contributed by atoms with Crippen LogP contribution in [0.1, 0.15) is 51.3 Å². The number of halogens is 6. The molecule has 186 valence electrons. The summed E-state index contributed by atoms with van der Waals surface area (Å²) in [5.41, 5.74) is -1.66. The zero-order valence-electron chi connectivity index (χ0n) is 19.2. The highest BCUT2D eigenvalue weighted by molar-refractivity contribution is 6.35. The van der Waals surface area contributed by atoms with Gasteiger partial charge in [0.15, 0.2) is 5.82 Å². The number of alkyl halides is 3. The third-order valence-corrected chi connectivity index (χ3v) is 6.39. The van der Waals surface area contributed by atoms with Crippen molar-refractivity contribution in [3.63, 3.8) is 0 Å². The number of benzene rings is 2. The summed E-state index contributed by atoms with van der Waals surface area (Å²) in [5.74, 6) is -0.941. The quantitative estimate of drug-likeness (QED) is 0.336. The summed E-state index contributed by atoms with van der Waals surface area (Å²) in [7, 11) is 0. The van der Waals surface area contributed by atoms with Gasteiger partial charge in [0.25, 0.3) is 0 Å². The summed E-state index contributed by atoms with van der Waals surface area (Å²) >= 11 is 11.6. The average molecular weight is 521 g/mol. The molecule has 1 saturated heterocycles. The molecule has 1 amide bonds. The number of carbonyl (C=O) groups excluding carboxylic acids is 1. The SMILES string of the molecule is CC(NC(=O)OC(C)(C)C)c1ccc(N2CCC(c3cc(Cl)c(F)c(Cl)c3)(C(F)(F)F)C2)cc1. The molecule has 1 aliphatic rings. The molecule has 0 spiro atoms. The van der Waals surface area contributed by atoms with Gasteiger partial charge < -0.3 is 15.0 Å². The molecule has 0 radical (unpaired) electrons. The Bertz CT molecular complexity index is 1030. The van der Waals surface area contributed by atoms with E-state index >= 15 is 0 Å². The molecule has 0 bridgehead atoms. The number of alkyl carbamates (subject to hydrolysis) is 1. The van der Waals surface area contributed by atoms with Crippen LogP contribution in [0.3, 0.4) is 0 Å². The van der Waals surface area contributed by atoms with Gasteiger partial charge in [0.1, 0.15) is 11.0 Å². The van der Waals surface area contributed by atoms with Crippen LogP contribution < -0.4 is 10.2 Å². The number of nitrogens with zero attached hydrogens (tertiary/aromatic N) is 1. The van der Waals surface area contributed by atoms with Crippen LogP contribution in [0.15, 0.2) is 36.4 Å². The number of hydrogen-bond acceptors (Lipinski definition) is 3. The number of rotatable bonds is 4. The van der Waals surface area contributed by atoms with Gasteiger partial charge in [-0.05, 0) is 69.5 Å². The van der Waals surface area contributed by atoms with Crippen molar-refractivity contribution in [1.29, 1.82) is 0 Å². The number of carbonyl (C=O) groups is 1.